The van der Waals surface area contributed by atoms with Gasteiger partial charge in [-0.15, -0.1) is 0 Å². The maximum absolute atomic E-state index is 12.1. The predicted octanol–water partition coefficient (Wildman–Crippen LogP) is 3.15. The smallest absolute Gasteiger partial charge is 0.224 e. The number of anilines is 1. The topological polar surface area (TPSA) is 82.9 Å². The van der Waals surface area contributed by atoms with Crippen LogP contribution in [-0.4, -0.2) is 29.0 Å². The van der Waals surface area contributed by atoms with Crippen LogP contribution >= 0.6 is 0 Å². The van der Waals surface area contributed by atoms with Crippen LogP contribution in [-0.2, 0) is 4.79 Å². The molecule has 1 aromatic carbocycles. The standard InChI is InChI=1S/C18H20N4O2/c23-17(6-3-12-7-8-19-11-12)20-13-4-5-14-15(10-13)22-18(21-14)16-2-1-9-24-16/h1-2,4-5,9-10,12,19H,3,6-8,11H2,(H,20,23)(H,21,22). The molecule has 1 amide bonds. The SMILES string of the molecule is O=C(CCC1CCNC1)Nc1ccc2nc(-c3ccco3)[nH]c2c1. The Morgan fingerprint density at radius 2 is 2.33 bits per heavy atom. The monoisotopic (exact) mass is 324 g/mol. The summed E-state index contributed by atoms with van der Waals surface area (Å²) >= 11 is 0. The molecule has 124 valence electrons. The second-order valence-corrected chi connectivity index (χ2v) is 6.24. The number of fused-ring (bicyclic) bond motifs is 1. The molecule has 2 aromatic heterocycles. The molecule has 1 unspecified atom stereocenters. The lowest BCUT2D eigenvalue weighted by Gasteiger charge is -2.08. The number of nitrogens with one attached hydrogen (secondary N) is 3. The molecule has 0 saturated carbocycles. The average molecular weight is 324 g/mol. The van der Waals surface area contributed by atoms with Gasteiger partial charge in [0, 0.05) is 12.1 Å². The summed E-state index contributed by atoms with van der Waals surface area (Å²) in [5, 5.41) is 6.30. The number of amides is 1. The van der Waals surface area contributed by atoms with Crippen molar-refractivity contribution in [2.45, 2.75) is 19.3 Å². The maximum atomic E-state index is 12.1. The Morgan fingerprint density at radius 3 is 3.12 bits per heavy atom. The molecule has 1 aliphatic rings. The molecule has 1 atom stereocenters. The molecule has 1 saturated heterocycles. The van der Waals surface area contributed by atoms with Gasteiger partial charge in [0.25, 0.3) is 0 Å². The number of H-pyrrole nitrogens is 1. The highest BCUT2D eigenvalue weighted by Crippen LogP contribution is 2.23. The number of carbonyl (C=O) groups excluding carboxylic acids is 1. The highest BCUT2D eigenvalue weighted by molar-refractivity contribution is 5.93. The minimum Gasteiger partial charge on any atom is -0.461 e. The number of imidazole rings is 1. The number of carbonyl (C=O) groups is 1. The van der Waals surface area contributed by atoms with E-state index in [4.69, 9.17) is 4.42 Å². The fourth-order valence-corrected chi connectivity index (χ4v) is 3.14. The van der Waals surface area contributed by atoms with Gasteiger partial charge >= 0.3 is 0 Å². The van der Waals surface area contributed by atoms with Crippen molar-refractivity contribution in [1.82, 2.24) is 15.3 Å². The Morgan fingerprint density at radius 1 is 1.38 bits per heavy atom. The van der Waals surface area contributed by atoms with Crippen molar-refractivity contribution < 1.29 is 9.21 Å². The third-order valence-electron chi connectivity index (χ3n) is 4.46. The third kappa shape index (κ3) is 3.19. The van der Waals surface area contributed by atoms with E-state index in [9.17, 15) is 4.79 Å². The normalized spacial score (nSPS) is 17.4. The van der Waals surface area contributed by atoms with Crippen LogP contribution in [0.4, 0.5) is 5.69 Å². The van der Waals surface area contributed by atoms with Gasteiger partial charge in [-0.2, -0.15) is 0 Å². The molecule has 0 bridgehead atoms. The molecular weight excluding hydrogens is 304 g/mol. The van der Waals surface area contributed by atoms with Crippen LogP contribution in [0, 0.1) is 5.92 Å². The Labute approximate surface area is 139 Å². The Kier molecular flexibility index (Phi) is 4.04. The van der Waals surface area contributed by atoms with Gasteiger partial charge in [-0.05, 0) is 62.2 Å². The lowest BCUT2D eigenvalue weighted by molar-refractivity contribution is -0.116. The highest BCUT2D eigenvalue weighted by Gasteiger charge is 2.16. The molecule has 0 spiro atoms. The van der Waals surface area contributed by atoms with Gasteiger partial charge in [-0.3, -0.25) is 4.79 Å². The molecule has 3 heterocycles. The van der Waals surface area contributed by atoms with Gasteiger partial charge in [0.05, 0.1) is 17.3 Å². The summed E-state index contributed by atoms with van der Waals surface area (Å²) < 4.78 is 5.36. The summed E-state index contributed by atoms with van der Waals surface area (Å²) in [6.45, 7) is 2.10. The molecule has 3 aromatic rings. The average Bonchev–Trinajstić information content (AvgIpc) is 3.32. The zero-order valence-corrected chi connectivity index (χ0v) is 13.3. The lowest BCUT2D eigenvalue weighted by Crippen LogP contribution is -2.14. The van der Waals surface area contributed by atoms with Gasteiger partial charge < -0.3 is 20.0 Å². The summed E-state index contributed by atoms with van der Waals surface area (Å²) in [7, 11) is 0. The van der Waals surface area contributed by atoms with Crippen molar-refractivity contribution in [3.8, 4) is 11.6 Å². The first-order chi connectivity index (χ1) is 11.8. The number of hydrogen-bond acceptors (Lipinski definition) is 4. The number of aromatic nitrogens is 2. The van der Waals surface area contributed by atoms with E-state index in [-0.39, 0.29) is 5.91 Å². The molecule has 1 aliphatic heterocycles. The Balaban J connectivity index is 1.43. The first-order valence-corrected chi connectivity index (χ1v) is 8.32. The number of hydrogen-bond donors (Lipinski definition) is 3. The Bertz CT molecular complexity index is 832. The minimum atomic E-state index is 0.0621. The van der Waals surface area contributed by atoms with Gasteiger partial charge in [0.15, 0.2) is 11.6 Å². The van der Waals surface area contributed by atoms with E-state index in [1.54, 1.807) is 6.26 Å². The first kappa shape index (κ1) is 15.0. The lowest BCUT2D eigenvalue weighted by atomic mass is 10.0. The van der Waals surface area contributed by atoms with E-state index in [1.807, 2.05) is 30.3 Å². The summed E-state index contributed by atoms with van der Waals surface area (Å²) in [6, 6.07) is 9.37. The Hall–Kier alpha value is -2.60. The molecule has 6 nitrogen and oxygen atoms in total. The van der Waals surface area contributed by atoms with Crippen LogP contribution in [0.3, 0.4) is 0 Å². The van der Waals surface area contributed by atoms with Crippen LogP contribution in [0.1, 0.15) is 19.3 Å². The van der Waals surface area contributed by atoms with Crippen LogP contribution in [0.5, 0.6) is 0 Å². The highest BCUT2D eigenvalue weighted by atomic mass is 16.3. The maximum Gasteiger partial charge on any atom is 0.224 e. The van der Waals surface area contributed by atoms with E-state index in [1.165, 1.54) is 6.42 Å². The quantitative estimate of drug-likeness (QED) is 0.673. The number of rotatable bonds is 5. The number of furan rings is 1. The van der Waals surface area contributed by atoms with Crippen molar-refractivity contribution in [2.75, 3.05) is 18.4 Å². The zero-order chi connectivity index (χ0) is 16.4. The second kappa shape index (κ2) is 6.49. The molecule has 1 fully saturated rings. The van der Waals surface area contributed by atoms with Crippen LogP contribution < -0.4 is 10.6 Å². The molecule has 6 heteroatoms. The van der Waals surface area contributed by atoms with E-state index in [0.29, 0.717) is 23.9 Å². The van der Waals surface area contributed by atoms with E-state index in [0.717, 1.165) is 36.2 Å². The molecule has 24 heavy (non-hydrogen) atoms. The van der Waals surface area contributed by atoms with E-state index >= 15 is 0 Å². The summed E-state index contributed by atoms with van der Waals surface area (Å²) in [4.78, 5) is 19.8. The van der Waals surface area contributed by atoms with Crippen molar-refractivity contribution in [1.29, 1.82) is 0 Å². The zero-order valence-electron chi connectivity index (χ0n) is 13.3. The van der Waals surface area contributed by atoms with E-state index in [2.05, 4.69) is 20.6 Å². The number of benzene rings is 1. The van der Waals surface area contributed by atoms with E-state index < -0.39 is 0 Å². The van der Waals surface area contributed by atoms with Crippen LogP contribution in [0.15, 0.2) is 41.0 Å². The van der Waals surface area contributed by atoms with Crippen molar-refractivity contribution in [3.63, 3.8) is 0 Å². The second-order valence-electron chi connectivity index (χ2n) is 6.24. The predicted molar refractivity (Wildman–Crippen MR) is 92.6 cm³/mol. The molecule has 0 aliphatic carbocycles. The largest absolute Gasteiger partial charge is 0.461 e. The third-order valence-corrected chi connectivity index (χ3v) is 4.46. The first-order valence-electron chi connectivity index (χ1n) is 8.32. The fourth-order valence-electron chi connectivity index (χ4n) is 3.14. The number of aromatic amines is 1. The van der Waals surface area contributed by atoms with Crippen LogP contribution in [0.25, 0.3) is 22.6 Å². The molecular formula is C18H20N4O2. The van der Waals surface area contributed by atoms with Gasteiger partial charge in [-0.25, -0.2) is 4.98 Å². The molecule has 3 N–H and O–H groups in total. The van der Waals surface area contributed by atoms with Gasteiger partial charge in [0.1, 0.15) is 0 Å². The van der Waals surface area contributed by atoms with Crippen LogP contribution in [0.2, 0.25) is 0 Å². The fraction of sp³-hybridized carbons (Fsp3) is 0.333. The summed E-state index contributed by atoms with van der Waals surface area (Å²) in [6.07, 6.45) is 4.29. The summed E-state index contributed by atoms with van der Waals surface area (Å²) in [5.41, 5.74) is 2.50. The molecule has 4 rings (SSSR count). The van der Waals surface area contributed by atoms with Gasteiger partial charge in [-0.1, -0.05) is 0 Å². The van der Waals surface area contributed by atoms with Crippen molar-refractivity contribution >= 4 is 22.6 Å². The minimum absolute atomic E-state index is 0.0621. The van der Waals surface area contributed by atoms with Gasteiger partial charge in [0.2, 0.25) is 5.91 Å². The van der Waals surface area contributed by atoms with Crippen molar-refractivity contribution in [3.05, 3.63) is 36.6 Å². The summed E-state index contributed by atoms with van der Waals surface area (Å²) in [5.74, 6) is 2.07. The molecule has 0 radical (unpaired) electrons. The number of nitrogens with zero attached hydrogens (tertiary/aromatic N) is 1. The van der Waals surface area contributed by atoms with Crippen molar-refractivity contribution in [2.24, 2.45) is 5.92 Å².